The van der Waals surface area contributed by atoms with E-state index in [9.17, 15) is 0 Å². The van der Waals surface area contributed by atoms with E-state index in [4.69, 9.17) is 5.73 Å². The van der Waals surface area contributed by atoms with Gasteiger partial charge in [0.2, 0.25) is 5.13 Å². The molecule has 3 aromatic rings. The molecule has 0 aliphatic rings. The smallest absolute Gasteiger partial charge is 0.234 e. The van der Waals surface area contributed by atoms with Gasteiger partial charge in [0, 0.05) is 18.0 Å². The van der Waals surface area contributed by atoms with Crippen LogP contribution in [-0.2, 0) is 6.54 Å². The minimum atomic E-state index is 0.332. The molecule has 2 N–H and O–H groups in total. The molecule has 6 nitrogen and oxygen atoms in total. The van der Waals surface area contributed by atoms with Crippen LogP contribution in [0.3, 0.4) is 0 Å². The van der Waals surface area contributed by atoms with Gasteiger partial charge >= 0.3 is 0 Å². The number of hydrogen-bond acceptors (Lipinski definition) is 6. The zero-order valence-electron chi connectivity index (χ0n) is 12.8. The van der Waals surface area contributed by atoms with Crippen molar-refractivity contribution >= 4 is 11.3 Å². The summed E-state index contributed by atoms with van der Waals surface area (Å²) in [5.41, 5.74) is 9.67. The van der Waals surface area contributed by atoms with Gasteiger partial charge in [-0.25, -0.2) is 0 Å². The second-order valence-corrected chi connectivity index (χ2v) is 6.44. The van der Waals surface area contributed by atoms with Gasteiger partial charge in [0.05, 0.1) is 0 Å². The van der Waals surface area contributed by atoms with E-state index < -0.39 is 0 Å². The zero-order chi connectivity index (χ0) is 15.7. The van der Waals surface area contributed by atoms with Crippen LogP contribution in [0.1, 0.15) is 36.0 Å². The van der Waals surface area contributed by atoms with Crippen molar-refractivity contribution in [3.63, 3.8) is 0 Å². The van der Waals surface area contributed by atoms with E-state index in [0.717, 1.165) is 22.0 Å². The molecular formula is C15H18N6S. The number of benzene rings is 1. The Hall–Kier alpha value is -2.12. The second-order valence-electron chi connectivity index (χ2n) is 5.45. The van der Waals surface area contributed by atoms with Crippen molar-refractivity contribution in [3.05, 3.63) is 40.5 Å². The molecule has 0 aliphatic carbocycles. The van der Waals surface area contributed by atoms with E-state index in [2.05, 4.69) is 53.4 Å². The van der Waals surface area contributed by atoms with Crippen LogP contribution in [0.5, 0.6) is 0 Å². The van der Waals surface area contributed by atoms with Crippen molar-refractivity contribution in [3.8, 4) is 16.4 Å². The average Bonchev–Trinajstić information content (AvgIpc) is 3.13. The van der Waals surface area contributed by atoms with E-state index >= 15 is 0 Å². The SMILES string of the molecule is Cc1cccc(-c2c(CN)nnn2-c2nnc(C(C)C)s2)c1. The predicted octanol–water partition coefficient (Wildman–Crippen LogP) is 2.68. The molecule has 0 saturated carbocycles. The summed E-state index contributed by atoms with van der Waals surface area (Å²) < 4.78 is 1.74. The Morgan fingerprint density at radius 2 is 2.05 bits per heavy atom. The van der Waals surface area contributed by atoms with Crippen LogP contribution < -0.4 is 5.73 Å². The summed E-state index contributed by atoms with van der Waals surface area (Å²) in [4.78, 5) is 0. The Morgan fingerprint density at radius 3 is 2.68 bits per heavy atom. The molecule has 1 aromatic carbocycles. The summed E-state index contributed by atoms with van der Waals surface area (Å²) in [5, 5.41) is 18.6. The molecule has 0 spiro atoms. The van der Waals surface area contributed by atoms with Gasteiger partial charge in [0.25, 0.3) is 0 Å². The topological polar surface area (TPSA) is 82.5 Å². The largest absolute Gasteiger partial charge is 0.325 e. The van der Waals surface area contributed by atoms with Crippen LogP contribution in [0.15, 0.2) is 24.3 Å². The number of rotatable bonds is 4. The van der Waals surface area contributed by atoms with Gasteiger partial charge in [-0.3, -0.25) is 0 Å². The summed E-state index contributed by atoms with van der Waals surface area (Å²) in [6.45, 7) is 6.58. The van der Waals surface area contributed by atoms with Crippen LogP contribution in [0, 0.1) is 6.92 Å². The van der Waals surface area contributed by atoms with E-state index in [1.807, 2.05) is 12.1 Å². The molecule has 0 fully saturated rings. The predicted molar refractivity (Wildman–Crippen MR) is 87.0 cm³/mol. The maximum absolute atomic E-state index is 5.82. The van der Waals surface area contributed by atoms with Gasteiger partial charge < -0.3 is 5.73 Å². The fourth-order valence-electron chi connectivity index (χ4n) is 2.21. The summed E-state index contributed by atoms with van der Waals surface area (Å²) in [6, 6.07) is 8.20. The maximum atomic E-state index is 5.82. The standard InChI is InChI=1S/C15H18N6S/c1-9(2)14-18-19-15(22-14)21-13(12(8-16)17-20-21)11-6-4-5-10(3)7-11/h4-7,9H,8,16H2,1-3H3. The molecule has 114 valence electrons. The number of nitrogens with two attached hydrogens (primary N) is 1. The third kappa shape index (κ3) is 2.65. The quantitative estimate of drug-likeness (QED) is 0.800. The average molecular weight is 314 g/mol. The number of aryl methyl sites for hydroxylation is 1. The van der Waals surface area contributed by atoms with E-state index in [-0.39, 0.29) is 0 Å². The fraction of sp³-hybridized carbons (Fsp3) is 0.333. The summed E-state index contributed by atoms with van der Waals surface area (Å²) >= 11 is 1.53. The first kappa shape index (κ1) is 14.8. The van der Waals surface area contributed by atoms with E-state index in [1.54, 1.807) is 4.68 Å². The zero-order valence-corrected chi connectivity index (χ0v) is 13.6. The number of hydrogen-bond donors (Lipinski definition) is 1. The molecule has 22 heavy (non-hydrogen) atoms. The maximum Gasteiger partial charge on any atom is 0.234 e. The molecule has 2 heterocycles. The Balaban J connectivity index is 2.14. The monoisotopic (exact) mass is 314 g/mol. The number of nitrogens with zero attached hydrogens (tertiary/aromatic N) is 5. The van der Waals surface area contributed by atoms with Crippen LogP contribution in [0.2, 0.25) is 0 Å². The van der Waals surface area contributed by atoms with E-state index in [1.165, 1.54) is 16.9 Å². The van der Waals surface area contributed by atoms with Crippen molar-refractivity contribution in [2.24, 2.45) is 5.73 Å². The molecule has 7 heteroatoms. The van der Waals surface area contributed by atoms with Gasteiger partial charge in [-0.15, -0.1) is 15.3 Å². The lowest BCUT2D eigenvalue weighted by Crippen LogP contribution is -2.02. The molecule has 0 bridgehead atoms. The van der Waals surface area contributed by atoms with Crippen molar-refractivity contribution in [2.75, 3.05) is 0 Å². The Bertz CT molecular complexity index is 789. The van der Waals surface area contributed by atoms with E-state index in [0.29, 0.717) is 17.6 Å². The first-order valence-electron chi connectivity index (χ1n) is 7.15. The van der Waals surface area contributed by atoms with Crippen molar-refractivity contribution in [2.45, 2.75) is 33.2 Å². The molecule has 0 unspecified atom stereocenters. The Morgan fingerprint density at radius 1 is 1.23 bits per heavy atom. The molecule has 2 aromatic heterocycles. The highest BCUT2D eigenvalue weighted by atomic mass is 32.1. The van der Waals surface area contributed by atoms with Crippen LogP contribution in [0.4, 0.5) is 0 Å². The highest BCUT2D eigenvalue weighted by molar-refractivity contribution is 7.13. The van der Waals surface area contributed by atoms with Crippen LogP contribution >= 0.6 is 11.3 Å². The summed E-state index contributed by atoms with van der Waals surface area (Å²) in [7, 11) is 0. The molecule has 3 rings (SSSR count). The number of aromatic nitrogens is 5. The van der Waals surface area contributed by atoms with Crippen molar-refractivity contribution in [1.29, 1.82) is 0 Å². The van der Waals surface area contributed by atoms with Crippen molar-refractivity contribution < 1.29 is 0 Å². The minimum absolute atomic E-state index is 0.332. The van der Waals surface area contributed by atoms with Gasteiger partial charge in [0.1, 0.15) is 16.4 Å². The third-order valence-electron chi connectivity index (χ3n) is 3.33. The fourth-order valence-corrected chi connectivity index (χ4v) is 3.01. The summed E-state index contributed by atoms with van der Waals surface area (Å²) in [6.07, 6.45) is 0. The van der Waals surface area contributed by atoms with Crippen molar-refractivity contribution in [1.82, 2.24) is 25.2 Å². The molecule has 0 saturated heterocycles. The molecule has 0 amide bonds. The Labute approximate surface area is 133 Å². The third-order valence-corrected chi connectivity index (χ3v) is 4.53. The van der Waals surface area contributed by atoms with Crippen LogP contribution in [0.25, 0.3) is 16.4 Å². The highest BCUT2D eigenvalue weighted by Gasteiger charge is 2.19. The van der Waals surface area contributed by atoms with Gasteiger partial charge in [-0.2, -0.15) is 4.68 Å². The van der Waals surface area contributed by atoms with Gasteiger partial charge in [-0.05, 0) is 13.0 Å². The first-order valence-corrected chi connectivity index (χ1v) is 7.97. The van der Waals surface area contributed by atoms with Gasteiger partial charge in [0.15, 0.2) is 0 Å². The van der Waals surface area contributed by atoms with Gasteiger partial charge in [-0.1, -0.05) is 54.2 Å². The molecule has 0 atom stereocenters. The second kappa shape index (κ2) is 5.94. The highest BCUT2D eigenvalue weighted by Crippen LogP contribution is 2.28. The first-order chi connectivity index (χ1) is 10.6. The Kier molecular flexibility index (Phi) is 4.00. The summed E-state index contributed by atoms with van der Waals surface area (Å²) in [5.74, 6) is 0.339. The molecule has 0 aliphatic heterocycles. The molecule has 0 radical (unpaired) electrons. The normalized spacial score (nSPS) is 11.3. The molecular weight excluding hydrogens is 296 g/mol. The van der Waals surface area contributed by atoms with Crippen LogP contribution in [-0.4, -0.2) is 25.2 Å². The lowest BCUT2D eigenvalue weighted by atomic mass is 10.1. The lowest BCUT2D eigenvalue weighted by molar-refractivity contribution is 0.772. The lowest BCUT2D eigenvalue weighted by Gasteiger charge is -2.05. The minimum Gasteiger partial charge on any atom is -0.325 e.